The molecule has 0 aromatic heterocycles. The van der Waals surface area contributed by atoms with E-state index >= 15 is 4.39 Å². The summed E-state index contributed by atoms with van der Waals surface area (Å²) in [5.41, 5.74) is -0.454. The molecule has 0 unspecified atom stereocenters. The highest BCUT2D eigenvalue weighted by Crippen LogP contribution is 2.43. The Morgan fingerprint density at radius 2 is 1.71 bits per heavy atom. The molecule has 2 N–H and O–H groups in total. The van der Waals surface area contributed by atoms with Gasteiger partial charge in [-0.3, -0.25) is 9.69 Å². The summed E-state index contributed by atoms with van der Waals surface area (Å²) < 4.78 is 33.1. The van der Waals surface area contributed by atoms with Crippen LogP contribution in [0.3, 0.4) is 0 Å². The summed E-state index contributed by atoms with van der Waals surface area (Å²) in [5, 5.41) is 13.0. The minimum Gasteiger partial charge on any atom is -0.487 e. The van der Waals surface area contributed by atoms with Gasteiger partial charge in [0.05, 0.1) is 11.7 Å². The average molecular weight is 588 g/mol. The van der Waals surface area contributed by atoms with Crippen molar-refractivity contribution >= 4 is 29.5 Å². The summed E-state index contributed by atoms with van der Waals surface area (Å²) in [5.74, 6) is -1.27. The third-order valence-electron chi connectivity index (χ3n) is 6.22. The molecule has 2 aromatic rings. The fourth-order valence-electron chi connectivity index (χ4n) is 4.65. The molecule has 0 radical (unpaired) electrons. The molecular formula is C31H42FN3O7. The Morgan fingerprint density at radius 3 is 2.29 bits per heavy atom. The predicted molar refractivity (Wildman–Crippen MR) is 158 cm³/mol. The van der Waals surface area contributed by atoms with Crippen LogP contribution in [-0.2, 0) is 27.3 Å². The monoisotopic (exact) mass is 587 g/mol. The van der Waals surface area contributed by atoms with Crippen LogP contribution in [0.4, 0.5) is 25.4 Å². The van der Waals surface area contributed by atoms with Gasteiger partial charge in [0.2, 0.25) is 0 Å². The molecule has 230 valence electrons. The number of carbonyl (C=O) groups excluding carboxylic acids is 2. The summed E-state index contributed by atoms with van der Waals surface area (Å²) in [6.07, 6.45) is -1.23. The van der Waals surface area contributed by atoms with Gasteiger partial charge in [-0.25, -0.2) is 14.0 Å². The maximum atomic E-state index is 16.2. The topological polar surface area (TPSA) is 118 Å². The Morgan fingerprint density at radius 1 is 1.07 bits per heavy atom. The van der Waals surface area contributed by atoms with Crippen molar-refractivity contribution in [2.45, 2.75) is 85.2 Å². The third kappa shape index (κ3) is 8.74. The van der Waals surface area contributed by atoms with Crippen molar-refractivity contribution in [1.82, 2.24) is 4.90 Å². The van der Waals surface area contributed by atoms with Crippen LogP contribution in [0.25, 0.3) is 0 Å². The average Bonchev–Trinajstić information content (AvgIpc) is 3.23. The number of benzene rings is 2. The van der Waals surface area contributed by atoms with Crippen LogP contribution in [0.2, 0.25) is 0 Å². The Hall–Kier alpha value is -4.02. The normalized spacial score (nSPS) is 14.7. The number of hydrogen-bond donors (Lipinski definition) is 2. The Bertz CT molecular complexity index is 1270. The van der Waals surface area contributed by atoms with Gasteiger partial charge in [0.25, 0.3) is 0 Å². The van der Waals surface area contributed by atoms with E-state index in [1.165, 1.54) is 11.0 Å². The minimum atomic E-state index is -1.29. The van der Waals surface area contributed by atoms with Crippen LogP contribution >= 0.6 is 0 Å². The summed E-state index contributed by atoms with van der Waals surface area (Å²) >= 11 is 0. The highest BCUT2D eigenvalue weighted by molar-refractivity contribution is 5.92. The van der Waals surface area contributed by atoms with Gasteiger partial charge in [-0.1, -0.05) is 37.3 Å². The number of fused-ring (bicyclic) bond motifs is 1. The molecule has 2 aromatic carbocycles. The fraction of sp³-hybridized carbons (Fsp3) is 0.516. The Labute approximate surface area is 246 Å². The molecule has 10 nitrogen and oxygen atoms in total. The largest absolute Gasteiger partial charge is 0.487 e. The van der Waals surface area contributed by atoms with Gasteiger partial charge in [0.15, 0.2) is 5.82 Å². The molecule has 3 rings (SSSR count). The number of rotatable bonds is 10. The van der Waals surface area contributed by atoms with Crippen molar-refractivity contribution in [3.63, 3.8) is 0 Å². The van der Waals surface area contributed by atoms with Crippen molar-refractivity contribution < 1.29 is 38.1 Å². The highest BCUT2D eigenvalue weighted by atomic mass is 19.1. The van der Waals surface area contributed by atoms with Crippen LogP contribution < -0.4 is 15.0 Å². The van der Waals surface area contributed by atoms with E-state index < -0.39 is 41.2 Å². The smallest absolute Gasteiger partial charge is 0.412 e. The number of nitrogens with zero attached hydrogens (tertiary/aromatic N) is 2. The van der Waals surface area contributed by atoms with E-state index in [9.17, 15) is 19.5 Å². The summed E-state index contributed by atoms with van der Waals surface area (Å²) in [7, 11) is 0. The molecule has 1 aliphatic rings. The van der Waals surface area contributed by atoms with Crippen LogP contribution in [0, 0.1) is 5.82 Å². The first-order valence-electron chi connectivity index (χ1n) is 14.1. The van der Waals surface area contributed by atoms with Crippen LogP contribution in [0.15, 0.2) is 36.4 Å². The zero-order valence-corrected chi connectivity index (χ0v) is 25.5. The second-order valence-corrected chi connectivity index (χ2v) is 12.2. The lowest BCUT2D eigenvalue weighted by Crippen LogP contribution is -2.48. The number of amides is 2. The minimum absolute atomic E-state index is 0.00402. The number of carboxylic acid groups (broad SMARTS) is 1. The summed E-state index contributed by atoms with van der Waals surface area (Å²) in [4.78, 5) is 40.4. The van der Waals surface area contributed by atoms with Crippen molar-refractivity contribution in [3.05, 3.63) is 53.3 Å². The Balaban J connectivity index is 1.97. The quantitative estimate of drug-likeness (QED) is 0.315. The number of anilines is 2. The first kappa shape index (κ1) is 32.5. The van der Waals surface area contributed by atoms with Gasteiger partial charge < -0.3 is 29.5 Å². The standard InChI is InChI=1S/C31H42FN3O7/c1-8-14-34(29(39)42-31(5,6)7)18-21-15-22-23(35(21)28(37)38)16-24(40-19-20-12-10-9-11-13-20)27(26(22)32)33-17-25(36)41-30(2,3)4/h9-13,16,21,33H,8,14-15,17-19H2,1-7H3,(H,37,38)/t21-/m1/s1. The van der Waals surface area contributed by atoms with Gasteiger partial charge in [0, 0.05) is 31.1 Å². The van der Waals surface area contributed by atoms with Gasteiger partial charge in [0.1, 0.15) is 35.8 Å². The number of halogens is 1. The molecule has 0 aliphatic carbocycles. The lowest BCUT2D eigenvalue weighted by molar-refractivity contribution is -0.152. The van der Waals surface area contributed by atoms with E-state index in [0.717, 1.165) is 10.5 Å². The lowest BCUT2D eigenvalue weighted by atomic mass is 10.1. The number of esters is 1. The second-order valence-electron chi connectivity index (χ2n) is 12.2. The maximum absolute atomic E-state index is 16.2. The van der Waals surface area contributed by atoms with Crippen LogP contribution in [-0.4, -0.2) is 65.0 Å². The molecule has 1 atom stereocenters. The number of carbonyl (C=O) groups is 3. The maximum Gasteiger partial charge on any atom is 0.412 e. The molecule has 0 fully saturated rings. The van der Waals surface area contributed by atoms with Crippen LogP contribution in [0.1, 0.15) is 66.0 Å². The molecule has 2 amide bonds. The molecule has 42 heavy (non-hydrogen) atoms. The molecular weight excluding hydrogens is 545 g/mol. The van der Waals surface area contributed by atoms with E-state index in [0.29, 0.717) is 13.0 Å². The molecule has 0 saturated carbocycles. The molecule has 0 spiro atoms. The fourth-order valence-corrected chi connectivity index (χ4v) is 4.65. The van der Waals surface area contributed by atoms with E-state index in [-0.39, 0.29) is 48.8 Å². The molecule has 11 heteroatoms. The van der Waals surface area contributed by atoms with E-state index in [2.05, 4.69) is 5.32 Å². The summed E-state index contributed by atoms with van der Waals surface area (Å²) in [6.45, 7) is 12.4. The predicted octanol–water partition coefficient (Wildman–Crippen LogP) is 6.21. The van der Waals surface area contributed by atoms with Crippen molar-refractivity contribution in [2.75, 3.05) is 29.9 Å². The van der Waals surface area contributed by atoms with E-state index in [4.69, 9.17) is 14.2 Å². The molecule has 1 heterocycles. The van der Waals surface area contributed by atoms with Gasteiger partial charge in [-0.15, -0.1) is 0 Å². The van der Waals surface area contributed by atoms with Crippen LogP contribution in [0.5, 0.6) is 5.75 Å². The SMILES string of the molecule is CCCN(C[C@H]1Cc2c(cc(OCc3ccccc3)c(NCC(=O)OC(C)(C)C)c2F)N1C(=O)O)C(=O)OC(C)(C)C. The first-order valence-corrected chi connectivity index (χ1v) is 14.1. The van der Waals surface area contributed by atoms with Gasteiger partial charge in [-0.2, -0.15) is 0 Å². The number of hydrogen-bond acceptors (Lipinski definition) is 7. The number of ether oxygens (including phenoxy) is 3. The van der Waals surface area contributed by atoms with Gasteiger partial charge >= 0.3 is 18.2 Å². The van der Waals surface area contributed by atoms with Crippen molar-refractivity contribution in [2.24, 2.45) is 0 Å². The van der Waals surface area contributed by atoms with E-state index in [1.807, 2.05) is 37.3 Å². The molecule has 0 bridgehead atoms. The van der Waals surface area contributed by atoms with E-state index in [1.54, 1.807) is 41.5 Å². The summed E-state index contributed by atoms with van der Waals surface area (Å²) in [6, 6.07) is 9.92. The zero-order valence-electron chi connectivity index (χ0n) is 25.5. The highest BCUT2D eigenvalue weighted by Gasteiger charge is 2.40. The molecule has 0 saturated heterocycles. The number of nitrogens with one attached hydrogen (secondary N) is 1. The Kier molecular flexibility index (Phi) is 10.3. The van der Waals surface area contributed by atoms with Gasteiger partial charge in [-0.05, 0) is 53.5 Å². The van der Waals surface area contributed by atoms with Crippen molar-refractivity contribution in [1.29, 1.82) is 0 Å². The zero-order chi connectivity index (χ0) is 31.2. The first-order chi connectivity index (χ1) is 19.6. The lowest BCUT2D eigenvalue weighted by Gasteiger charge is -2.31. The second kappa shape index (κ2) is 13.3. The molecule has 1 aliphatic heterocycles. The third-order valence-corrected chi connectivity index (χ3v) is 6.22. The van der Waals surface area contributed by atoms with Crippen molar-refractivity contribution in [3.8, 4) is 5.75 Å².